The zero-order chi connectivity index (χ0) is 18.7. The van der Waals surface area contributed by atoms with E-state index < -0.39 is 0 Å². The fourth-order valence-corrected chi connectivity index (χ4v) is 3.22. The Kier molecular flexibility index (Phi) is 5.10. The van der Waals surface area contributed by atoms with Gasteiger partial charge >= 0.3 is 0 Å². The molecular weight excluding hydrogens is 394 g/mol. The van der Waals surface area contributed by atoms with Crippen LogP contribution in [0.3, 0.4) is 0 Å². The van der Waals surface area contributed by atoms with Gasteiger partial charge in [-0.05, 0) is 35.9 Å². The summed E-state index contributed by atoms with van der Waals surface area (Å²) in [5.74, 6) is 1.41. The summed E-state index contributed by atoms with van der Waals surface area (Å²) in [6, 6.07) is 17.2. The fourth-order valence-electron chi connectivity index (χ4n) is 2.72. The first-order valence-corrected chi connectivity index (χ1v) is 8.56. The van der Waals surface area contributed by atoms with E-state index in [1.165, 1.54) is 0 Å². The molecule has 1 heterocycles. The van der Waals surface area contributed by atoms with Crippen molar-refractivity contribution in [3.63, 3.8) is 0 Å². The Morgan fingerprint density at radius 3 is 2.38 bits per heavy atom. The van der Waals surface area contributed by atoms with Crippen molar-refractivity contribution in [2.45, 2.75) is 0 Å². The van der Waals surface area contributed by atoms with Gasteiger partial charge < -0.3 is 15.2 Å². The number of nitrogen functional groups attached to an aromatic ring is 1. The van der Waals surface area contributed by atoms with Crippen LogP contribution in [0, 0.1) is 11.3 Å². The normalized spacial score (nSPS) is 10.2. The summed E-state index contributed by atoms with van der Waals surface area (Å²) in [7, 11) is 3.16. The molecular formula is C20H16BrN3O2. The lowest BCUT2D eigenvalue weighted by atomic mass is 9.98. The van der Waals surface area contributed by atoms with Crippen molar-refractivity contribution >= 4 is 21.7 Å². The molecule has 0 fully saturated rings. The van der Waals surface area contributed by atoms with Crippen molar-refractivity contribution < 1.29 is 9.47 Å². The van der Waals surface area contributed by atoms with Crippen LogP contribution in [0.2, 0.25) is 0 Å². The van der Waals surface area contributed by atoms with Gasteiger partial charge in [0.15, 0.2) is 11.5 Å². The molecule has 0 bridgehead atoms. The maximum Gasteiger partial charge on any atom is 0.161 e. The van der Waals surface area contributed by atoms with Gasteiger partial charge in [0.1, 0.15) is 17.5 Å². The molecule has 0 aliphatic rings. The van der Waals surface area contributed by atoms with Crippen molar-refractivity contribution in [2.24, 2.45) is 0 Å². The van der Waals surface area contributed by atoms with Gasteiger partial charge in [0, 0.05) is 15.6 Å². The van der Waals surface area contributed by atoms with Crippen LogP contribution in [0.1, 0.15) is 5.56 Å². The number of hydrogen-bond donors (Lipinski definition) is 1. The molecule has 2 aromatic carbocycles. The third-order valence-corrected chi connectivity index (χ3v) is 4.69. The van der Waals surface area contributed by atoms with Crippen molar-refractivity contribution in [3.8, 4) is 40.0 Å². The van der Waals surface area contributed by atoms with Gasteiger partial charge in [0.05, 0.1) is 19.9 Å². The summed E-state index contributed by atoms with van der Waals surface area (Å²) in [4.78, 5) is 4.40. The lowest BCUT2D eigenvalue weighted by Crippen LogP contribution is -2.00. The third kappa shape index (κ3) is 3.22. The maximum absolute atomic E-state index is 9.54. The van der Waals surface area contributed by atoms with Crippen LogP contribution in [0.4, 0.5) is 5.82 Å². The number of aromatic nitrogens is 1. The predicted molar refractivity (Wildman–Crippen MR) is 105 cm³/mol. The molecule has 0 aliphatic carbocycles. The molecule has 0 aliphatic heterocycles. The van der Waals surface area contributed by atoms with Gasteiger partial charge in [-0.25, -0.2) is 4.98 Å². The minimum absolute atomic E-state index is 0.186. The van der Waals surface area contributed by atoms with Crippen molar-refractivity contribution in [2.75, 3.05) is 20.0 Å². The summed E-state index contributed by atoms with van der Waals surface area (Å²) in [6.07, 6.45) is 0. The van der Waals surface area contributed by atoms with E-state index in [-0.39, 0.29) is 5.82 Å². The Balaban J connectivity index is 2.22. The molecule has 0 saturated heterocycles. The average Bonchev–Trinajstić information content (AvgIpc) is 2.67. The van der Waals surface area contributed by atoms with E-state index in [9.17, 15) is 5.26 Å². The summed E-state index contributed by atoms with van der Waals surface area (Å²) >= 11 is 3.54. The minimum Gasteiger partial charge on any atom is -0.493 e. The highest BCUT2D eigenvalue weighted by Crippen LogP contribution is 2.37. The molecule has 5 nitrogen and oxygen atoms in total. The standard InChI is InChI=1S/C20H16BrN3O2/c1-25-18-8-7-12(9-19(18)26-2)17-10-14(15(11-22)20(23)24-17)13-5-3-4-6-16(13)21/h3-10H,1-2H3,(H2,23,24). The second kappa shape index (κ2) is 7.46. The van der Waals surface area contributed by atoms with Crippen LogP contribution in [-0.2, 0) is 0 Å². The Labute approximate surface area is 160 Å². The number of nitriles is 1. The first-order chi connectivity index (χ1) is 12.6. The van der Waals surface area contributed by atoms with E-state index in [1.54, 1.807) is 14.2 Å². The number of methoxy groups -OCH3 is 2. The van der Waals surface area contributed by atoms with Crippen LogP contribution in [-0.4, -0.2) is 19.2 Å². The van der Waals surface area contributed by atoms with Gasteiger partial charge in [-0.1, -0.05) is 34.1 Å². The number of nitrogens with two attached hydrogens (primary N) is 1. The summed E-state index contributed by atoms with van der Waals surface area (Å²) in [5, 5.41) is 9.54. The van der Waals surface area contributed by atoms with E-state index in [0.717, 1.165) is 21.2 Å². The molecule has 2 N–H and O–H groups in total. The molecule has 1 aromatic heterocycles. The van der Waals surface area contributed by atoms with E-state index in [4.69, 9.17) is 15.2 Å². The molecule has 0 spiro atoms. The number of hydrogen-bond acceptors (Lipinski definition) is 5. The Morgan fingerprint density at radius 2 is 1.73 bits per heavy atom. The topological polar surface area (TPSA) is 81.2 Å². The van der Waals surface area contributed by atoms with E-state index in [2.05, 4.69) is 27.0 Å². The Hall–Kier alpha value is -3.04. The number of anilines is 1. The summed E-state index contributed by atoms with van der Waals surface area (Å²) < 4.78 is 11.5. The highest BCUT2D eigenvalue weighted by molar-refractivity contribution is 9.10. The van der Waals surface area contributed by atoms with Crippen LogP contribution in [0.15, 0.2) is 53.0 Å². The van der Waals surface area contributed by atoms with Gasteiger partial charge in [0.2, 0.25) is 0 Å². The molecule has 0 unspecified atom stereocenters. The van der Waals surface area contributed by atoms with Crippen molar-refractivity contribution in [1.29, 1.82) is 5.26 Å². The lowest BCUT2D eigenvalue weighted by molar-refractivity contribution is 0.355. The molecule has 0 amide bonds. The molecule has 26 heavy (non-hydrogen) atoms. The van der Waals surface area contributed by atoms with Gasteiger partial charge in [0.25, 0.3) is 0 Å². The smallest absolute Gasteiger partial charge is 0.161 e. The lowest BCUT2D eigenvalue weighted by Gasteiger charge is -2.13. The van der Waals surface area contributed by atoms with Gasteiger partial charge in [-0.15, -0.1) is 0 Å². The first kappa shape index (κ1) is 17.8. The van der Waals surface area contributed by atoms with Crippen molar-refractivity contribution in [3.05, 3.63) is 58.6 Å². The number of ether oxygens (including phenoxy) is 2. The quantitative estimate of drug-likeness (QED) is 0.677. The Morgan fingerprint density at radius 1 is 1.00 bits per heavy atom. The second-order valence-electron chi connectivity index (χ2n) is 5.48. The predicted octanol–water partition coefficient (Wildman–Crippen LogP) is 4.65. The second-order valence-corrected chi connectivity index (χ2v) is 6.33. The monoisotopic (exact) mass is 409 g/mol. The van der Waals surface area contributed by atoms with Crippen LogP contribution < -0.4 is 15.2 Å². The number of benzene rings is 2. The zero-order valence-electron chi connectivity index (χ0n) is 14.3. The molecule has 130 valence electrons. The zero-order valence-corrected chi connectivity index (χ0v) is 15.9. The van der Waals surface area contributed by atoms with Crippen LogP contribution >= 0.6 is 15.9 Å². The average molecular weight is 410 g/mol. The SMILES string of the molecule is COc1ccc(-c2cc(-c3ccccc3Br)c(C#N)c(N)n2)cc1OC. The molecule has 0 saturated carbocycles. The van der Waals surface area contributed by atoms with E-state index in [1.807, 2.05) is 48.5 Å². The van der Waals surface area contributed by atoms with Crippen LogP contribution in [0.5, 0.6) is 11.5 Å². The minimum atomic E-state index is 0.186. The largest absolute Gasteiger partial charge is 0.493 e. The number of nitrogens with zero attached hydrogens (tertiary/aromatic N) is 2. The number of halogens is 1. The van der Waals surface area contributed by atoms with Crippen LogP contribution in [0.25, 0.3) is 22.4 Å². The van der Waals surface area contributed by atoms with Crippen molar-refractivity contribution in [1.82, 2.24) is 4.98 Å². The maximum atomic E-state index is 9.54. The highest BCUT2D eigenvalue weighted by Gasteiger charge is 2.16. The first-order valence-electron chi connectivity index (χ1n) is 7.77. The third-order valence-electron chi connectivity index (χ3n) is 4.00. The Bertz CT molecular complexity index is 1010. The van der Waals surface area contributed by atoms with E-state index in [0.29, 0.717) is 22.8 Å². The fraction of sp³-hybridized carbons (Fsp3) is 0.100. The van der Waals surface area contributed by atoms with E-state index >= 15 is 0 Å². The highest BCUT2D eigenvalue weighted by atomic mass is 79.9. The molecule has 0 atom stereocenters. The molecule has 6 heteroatoms. The molecule has 0 radical (unpaired) electrons. The molecule has 3 rings (SSSR count). The molecule has 3 aromatic rings. The summed E-state index contributed by atoms with van der Waals surface area (Å²) in [5.41, 5.74) is 9.48. The number of rotatable bonds is 4. The number of pyridine rings is 1. The summed E-state index contributed by atoms with van der Waals surface area (Å²) in [6.45, 7) is 0. The van der Waals surface area contributed by atoms with Gasteiger partial charge in [-0.3, -0.25) is 0 Å². The van der Waals surface area contributed by atoms with Gasteiger partial charge in [-0.2, -0.15) is 5.26 Å².